The third-order valence-corrected chi connectivity index (χ3v) is 5.27. The maximum absolute atomic E-state index is 6.02. The molecule has 0 saturated heterocycles. The van der Waals surface area contributed by atoms with Crippen LogP contribution in [0.15, 0.2) is 53.3 Å². The number of halogens is 2. The first kappa shape index (κ1) is 13.7. The lowest BCUT2D eigenvalue weighted by molar-refractivity contribution is 0.880. The molecule has 0 amide bonds. The Morgan fingerprint density at radius 3 is 2.70 bits per heavy atom. The van der Waals surface area contributed by atoms with Crippen LogP contribution in [0.2, 0.25) is 4.34 Å². The maximum Gasteiger partial charge on any atom is 0.107 e. The number of rotatable bonds is 4. The molecule has 0 aliphatic carbocycles. The summed E-state index contributed by atoms with van der Waals surface area (Å²) in [5, 5.41) is 7.58. The molecule has 2 heterocycles. The van der Waals surface area contributed by atoms with Crippen molar-refractivity contribution in [3.8, 4) is 5.69 Å². The predicted molar refractivity (Wildman–Crippen MR) is 87.9 cm³/mol. The fourth-order valence-corrected chi connectivity index (χ4v) is 3.55. The first-order valence-corrected chi connectivity index (χ1v) is 7.99. The van der Waals surface area contributed by atoms with Gasteiger partial charge in [0.15, 0.2) is 0 Å². The van der Waals surface area contributed by atoms with E-state index in [1.165, 1.54) is 4.88 Å². The highest BCUT2D eigenvalue weighted by Crippen LogP contribution is 2.32. The predicted octanol–water partition coefficient (Wildman–Crippen LogP) is 4.96. The Morgan fingerprint density at radius 2 is 2.10 bits per heavy atom. The molecule has 0 aliphatic rings. The number of hydrogen-bond donors (Lipinski definition) is 1. The van der Waals surface area contributed by atoms with Crippen molar-refractivity contribution < 1.29 is 0 Å². The van der Waals surface area contributed by atoms with Gasteiger partial charge in [0.05, 0.1) is 5.69 Å². The molecule has 0 unspecified atom stereocenters. The van der Waals surface area contributed by atoms with Gasteiger partial charge in [-0.15, -0.1) is 11.3 Å². The maximum atomic E-state index is 6.02. The van der Waals surface area contributed by atoms with Crippen molar-refractivity contribution in [3.63, 3.8) is 0 Å². The van der Waals surface area contributed by atoms with Crippen LogP contribution >= 0.6 is 38.9 Å². The molecule has 2 aromatic heterocycles. The van der Waals surface area contributed by atoms with E-state index in [9.17, 15) is 0 Å². The van der Waals surface area contributed by atoms with Gasteiger partial charge in [0.2, 0.25) is 0 Å². The second-order valence-electron chi connectivity index (χ2n) is 4.19. The van der Waals surface area contributed by atoms with Crippen LogP contribution in [0.4, 0.5) is 5.69 Å². The van der Waals surface area contributed by atoms with Crippen LogP contribution in [0.5, 0.6) is 0 Å². The minimum atomic E-state index is 0.761. The van der Waals surface area contributed by atoms with Gasteiger partial charge in [0.1, 0.15) is 4.34 Å². The van der Waals surface area contributed by atoms with Crippen molar-refractivity contribution in [1.29, 1.82) is 0 Å². The summed E-state index contributed by atoms with van der Waals surface area (Å²) in [5.74, 6) is 0. The van der Waals surface area contributed by atoms with E-state index in [4.69, 9.17) is 11.6 Å². The van der Waals surface area contributed by atoms with Gasteiger partial charge in [-0.3, -0.25) is 0 Å². The Hall–Kier alpha value is -1.30. The van der Waals surface area contributed by atoms with Crippen molar-refractivity contribution in [2.75, 3.05) is 5.32 Å². The molecule has 0 atom stereocenters. The molecule has 1 aromatic carbocycles. The number of nitrogens with one attached hydrogen (secondary N) is 1. The van der Waals surface area contributed by atoms with Gasteiger partial charge >= 0.3 is 0 Å². The number of anilines is 1. The summed E-state index contributed by atoms with van der Waals surface area (Å²) >= 11 is 11.0. The van der Waals surface area contributed by atoms with Crippen molar-refractivity contribution in [2.24, 2.45) is 0 Å². The molecular weight excluding hydrogens is 358 g/mol. The fraction of sp³-hybridized carbons (Fsp3) is 0.0714. The molecule has 0 spiro atoms. The van der Waals surface area contributed by atoms with Crippen molar-refractivity contribution in [3.05, 3.63) is 62.5 Å². The lowest BCUT2D eigenvalue weighted by atomic mass is 10.3. The fourth-order valence-electron chi connectivity index (χ4n) is 1.82. The molecule has 1 N–H and O–H groups in total. The normalized spacial score (nSPS) is 10.7. The first-order valence-electron chi connectivity index (χ1n) is 6.00. The van der Waals surface area contributed by atoms with Crippen LogP contribution in [-0.2, 0) is 6.54 Å². The van der Waals surface area contributed by atoms with Gasteiger partial charge in [0.25, 0.3) is 0 Å². The molecule has 6 heteroatoms. The highest BCUT2D eigenvalue weighted by atomic mass is 79.9. The number of aromatic nitrogens is 2. The molecule has 3 aromatic rings. The van der Waals surface area contributed by atoms with E-state index >= 15 is 0 Å². The van der Waals surface area contributed by atoms with E-state index in [1.807, 2.05) is 47.3 Å². The van der Waals surface area contributed by atoms with Crippen LogP contribution < -0.4 is 5.32 Å². The quantitative estimate of drug-likeness (QED) is 0.705. The van der Waals surface area contributed by atoms with E-state index in [0.29, 0.717) is 0 Å². The summed E-state index contributed by atoms with van der Waals surface area (Å²) in [6, 6.07) is 12.1. The van der Waals surface area contributed by atoms with Gasteiger partial charge in [-0.25, -0.2) is 4.68 Å². The Kier molecular flexibility index (Phi) is 4.10. The third-order valence-electron chi connectivity index (χ3n) is 2.80. The molecule has 3 nitrogen and oxygen atoms in total. The Morgan fingerprint density at radius 1 is 1.30 bits per heavy atom. The van der Waals surface area contributed by atoms with Gasteiger partial charge in [-0.05, 0) is 52.3 Å². The number of hydrogen-bond acceptors (Lipinski definition) is 3. The second kappa shape index (κ2) is 5.99. The van der Waals surface area contributed by atoms with E-state index in [-0.39, 0.29) is 0 Å². The monoisotopic (exact) mass is 367 g/mol. The molecular formula is C14H11BrClN3S. The molecule has 3 rings (SSSR count). The average molecular weight is 369 g/mol. The zero-order valence-electron chi connectivity index (χ0n) is 10.4. The summed E-state index contributed by atoms with van der Waals surface area (Å²) in [6.07, 6.45) is 3.69. The number of benzene rings is 1. The smallest absolute Gasteiger partial charge is 0.107 e. The molecule has 20 heavy (non-hydrogen) atoms. The van der Waals surface area contributed by atoms with Crippen LogP contribution in [0.1, 0.15) is 4.88 Å². The lowest BCUT2D eigenvalue weighted by Gasteiger charge is -2.06. The number of nitrogens with zero attached hydrogens (tertiary/aromatic N) is 2. The molecule has 0 fully saturated rings. The Balaban J connectivity index is 1.66. The van der Waals surface area contributed by atoms with Crippen molar-refractivity contribution in [1.82, 2.24) is 9.78 Å². The van der Waals surface area contributed by atoms with Crippen LogP contribution in [0.25, 0.3) is 5.69 Å². The van der Waals surface area contributed by atoms with Crippen LogP contribution in [0.3, 0.4) is 0 Å². The van der Waals surface area contributed by atoms with Gasteiger partial charge in [-0.1, -0.05) is 11.6 Å². The summed E-state index contributed by atoms with van der Waals surface area (Å²) in [4.78, 5) is 1.19. The zero-order chi connectivity index (χ0) is 13.9. The van der Waals surface area contributed by atoms with E-state index in [1.54, 1.807) is 17.5 Å². The Bertz CT molecular complexity index is 672. The van der Waals surface area contributed by atoms with Crippen LogP contribution in [-0.4, -0.2) is 9.78 Å². The van der Waals surface area contributed by atoms with E-state index in [0.717, 1.165) is 26.7 Å². The molecule has 0 bridgehead atoms. The van der Waals surface area contributed by atoms with Gasteiger partial charge < -0.3 is 5.32 Å². The molecule has 0 saturated carbocycles. The standard InChI is InChI=1S/C14H11BrClN3S/c15-13-8-12(20-14(13)16)9-17-10-2-4-11(5-3-10)19-7-1-6-18-19/h1-8,17H,9H2. The lowest BCUT2D eigenvalue weighted by Crippen LogP contribution is -1.98. The van der Waals surface area contributed by atoms with E-state index in [2.05, 4.69) is 26.3 Å². The largest absolute Gasteiger partial charge is 0.380 e. The topological polar surface area (TPSA) is 29.9 Å². The minimum Gasteiger partial charge on any atom is -0.380 e. The highest BCUT2D eigenvalue weighted by Gasteiger charge is 2.04. The zero-order valence-corrected chi connectivity index (χ0v) is 13.5. The second-order valence-corrected chi connectivity index (χ2v) is 6.78. The summed E-state index contributed by atoms with van der Waals surface area (Å²) in [6.45, 7) is 0.761. The highest BCUT2D eigenvalue weighted by molar-refractivity contribution is 9.10. The SMILES string of the molecule is Clc1sc(CNc2ccc(-n3cccn3)cc2)cc1Br. The summed E-state index contributed by atoms with van der Waals surface area (Å²) in [7, 11) is 0. The molecule has 0 aliphatic heterocycles. The van der Waals surface area contributed by atoms with Gasteiger partial charge in [0, 0.05) is 34.0 Å². The average Bonchev–Trinajstić information content (AvgIpc) is 3.08. The van der Waals surface area contributed by atoms with Gasteiger partial charge in [-0.2, -0.15) is 5.10 Å². The van der Waals surface area contributed by atoms with Crippen molar-refractivity contribution in [2.45, 2.75) is 6.54 Å². The summed E-state index contributed by atoms with van der Waals surface area (Å²) < 4.78 is 3.57. The Labute approximate surface area is 134 Å². The minimum absolute atomic E-state index is 0.761. The summed E-state index contributed by atoms with van der Waals surface area (Å²) in [5.41, 5.74) is 2.11. The van der Waals surface area contributed by atoms with Crippen LogP contribution in [0, 0.1) is 0 Å². The molecule has 102 valence electrons. The van der Waals surface area contributed by atoms with E-state index < -0.39 is 0 Å². The third kappa shape index (κ3) is 3.06. The first-order chi connectivity index (χ1) is 9.72. The number of thiophene rings is 1. The van der Waals surface area contributed by atoms with Crippen molar-refractivity contribution >= 4 is 44.6 Å². The molecule has 0 radical (unpaired) electrons.